The first-order valence-electron chi connectivity index (χ1n) is 10.6. The van der Waals surface area contributed by atoms with Crippen LogP contribution in [0.25, 0.3) is 33.2 Å². The first-order chi connectivity index (χ1) is 16.7. The van der Waals surface area contributed by atoms with Crippen LogP contribution in [0.3, 0.4) is 0 Å². The molecule has 176 valence electrons. The number of alkyl halides is 3. The Bertz CT molecular complexity index is 1560. The number of anilines is 1. The number of halogens is 4. The van der Waals surface area contributed by atoms with Gasteiger partial charge in [0.2, 0.25) is 0 Å². The smallest absolute Gasteiger partial charge is 0.353 e. The molecule has 6 nitrogen and oxygen atoms in total. The fraction of sp³-hybridized carbons (Fsp3) is 0.160. The monoisotopic (exact) mass is 478 g/mol. The number of hydrogen-bond acceptors (Lipinski definition) is 6. The zero-order valence-electron chi connectivity index (χ0n) is 18.6. The zero-order chi connectivity index (χ0) is 24.7. The van der Waals surface area contributed by atoms with Crippen molar-refractivity contribution in [3.63, 3.8) is 0 Å². The van der Waals surface area contributed by atoms with E-state index in [1.807, 2.05) is 0 Å². The highest BCUT2D eigenvalue weighted by molar-refractivity contribution is 5.87. The van der Waals surface area contributed by atoms with Gasteiger partial charge in [0.1, 0.15) is 17.7 Å². The summed E-state index contributed by atoms with van der Waals surface area (Å²) in [5.74, 6) is -0.559. The van der Waals surface area contributed by atoms with Crippen LogP contribution in [0.4, 0.5) is 23.4 Å². The molecule has 0 aliphatic rings. The Kier molecular flexibility index (Phi) is 5.50. The molecule has 0 amide bonds. The Balaban J connectivity index is 1.77. The highest BCUT2D eigenvalue weighted by Crippen LogP contribution is 2.41. The van der Waals surface area contributed by atoms with E-state index in [1.54, 1.807) is 38.2 Å². The van der Waals surface area contributed by atoms with Crippen LogP contribution in [0.5, 0.6) is 0 Å². The molecule has 0 bridgehead atoms. The zero-order valence-corrected chi connectivity index (χ0v) is 18.6. The lowest BCUT2D eigenvalue weighted by Crippen LogP contribution is -2.29. The van der Waals surface area contributed by atoms with E-state index >= 15 is 0 Å². The minimum atomic E-state index is -4.73. The molecular weight excluding hydrogens is 460 g/mol. The lowest BCUT2D eigenvalue weighted by molar-refractivity contribution is -0.143. The van der Waals surface area contributed by atoms with Crippen molar-refractivity contribution < 1.29 is 17.6 Å². The molecule has 0 aliphatic carbocycles. The molecule has 1 N–H and O–H groups in total. The van der Waals surface area contributed by atoms with E-state index < -0.39 is 18.0 Å². The third-order valence-electron chi connectivity index (χ3n) is 5.67. The fourth-order valence-corrected chi connectivity index (χ4v) is 3.98. The van der Waals surface area contributed by atoms with Gasteiger partial charge in [-0.25, -0.2) is 19.3 Å². The summed E-state index contributed by atoms with van der Waals surface area (Å²) >= 11 is 0. The molecule has 1 aromatic carbocycles. The average molecular weight is 478 g/mol. The second kappa shape index (κ2) is 8.53. The van der Waals surface area contributed by atoms with Crippen molar-refractivity contribution in [2.24, 2.45) is 0 Å². The predicted molar refractivity (Wildman–Crippen MR) is 124 cm³/mol. The molecular formula is C25H18F4N6. The van der Waals surface area contributed by atoms with Crippen LogP contribution in [-0.4, -0.2) is 31.1 Å². The lowest BCUT2D eigenvalue weighted by Gasteiger charge is -2.25. The van der Waals surface area contributed by atoms with Crippen LogP contribution in [0.1, 0.15) is 22.7 Å². The Hall–Kier alpha value is -4.21. The minimum absolute atomic E-state index is 0.0449. The predicted octanol–water partition coefficient (Wildman–Crippen LogP) is 6.11. The number of fused-ring (bicyclic) bond motifs is 2. The fourth-order valence-electron chi connectivity index (χ4n) is 3.98. The summed E-state index contributed by atoms with van der Waals surface area (Å²) in [5.41, 5.74) is 2.15. The number of rotatable bonds is 4. The molecule has 35 heavy (non-hydrogen) atoms. The second-order valence-corrected chi connectivity index (χ2v) is 8.13. The largest absolute Gasteiger partial charge is 0.412 e. The summed E-state index contributed by atoms with van der Waals surface area (Å²) in [6.07, 6.45) is 0.929. The molecule has 4 heterocycles. The summed E-state index contributed by atoms with van der Waals surface area (Å²) < 4.78 is 58.0. The van der Waals surface area contributed by atoms with E-state index in [9.17, 15) is 17.6 Å². The van der Waals surface area contributed by atoms with Gasteiger partial charge in [-0.1, -0.05) is 0 Å². The number of hydrogen-bond donors (Lipinski definition) is 1. The van der Waals surface area contributed by atoms with Crippen molar-refractivity contribution in [3.05, 3.63) is 83.8 Å². The Morgan fingerprint density at radius 2 is 1.77 bits per heavy atom. The average Bonchev–Trinajstić information content (AvgIpc) is 2.83. The van der Waals surface area contributed by atoms with Gasteiger partial charge in [-0.3, -0.25) is 9.97 Å². The lowest BCUT2D eigenvalue weighted by atomic mass is 9.96. The molecule has 0 spiro atoms. The van der Waals surface area contributed by atoms with Crippen LogP contribution in [0.2, 0.25) is 0 Å². The molecule has 10 heteroatoms. The minimum Gasteiger partial charge on any atom is -0.353 e. The Morgan fingerprint density at radius 3 is 2.54 bits per heavy atom. The summed E-state index contributed by atoms with van der Waals surface area (Å²) in [4.78, 5) is 20.9. The molecule has 0 unspecified atom stereocenters. The van der Waals surface area contributed by atoms with Crippen LogP contribution in [0, 0.1) is 19.7 Å². The third kappa shape index (κ3) is 4.23. The maximum Gasteiger partial charge on any atom is 0.412 e. The molecule has 0 saturated carbocycles. The number of benzene rings is 1. The van der Waals surface area contributed by atoms with Gasteiger partial charge >= 0.3 is 6.18 Å². The van der Waals surface area contributed by atoms with Crippen molar-refractivity contribution >= 4 is 27.8 Å². The quantitative estimate of drug-likeness (QED) is 0.314. The van der Waals surface area contributed by atoms with Crippen molar-refractivity contribution in [3.8, 4) is 11.3 Å². The van der Waals surface area contributed by atoms with E-state index in [-0.39, 0.29) is 33.7 Å². The van der Waals surface area contributed by atoms with Gasteiger partial charge in [-0.2, -0.15) is 13.2 Å². The van der Waals surface area contributed by atoms with Crippen LogP contribution >= 0.6 is 0 Å². The Labute approximate surface area is 197 Å². The van der Waals surface area contributed by atoms with Gasteiger partial charge < -0.3 is 5.32 Å². The molecule has 5 rings (SSSR count). The number of pyridine rings is 3. The standard InChI is InChI=1S/C25H18F4N6/c1-13-8-16(11-30-10-13)21-17(9-15-5-6-18(26)14(2)20(15)34-21)23(25(27,28)29)35-24-22-19(32-12-33-24)4-3-7-31-22/h3-12,23H,1-2H3,(H,32,33,35)/t23-/m1/s1. The summed E-state index contributed by atoms with van der Waals surface area (Å²) in [5, 5.41) is 2.90. The molecule has 0 radical (unpaired) electrons. The SMILES string of the molecule is Cc1cncc(-c2nc3c(C)c(F)ccc3cc2[C@@H](Nc2ncnc3cccnc23)C(F)(F)F)c1. The van der Waals surface area contributed by atoms with Gasteiger partial charge in [0.15, 0.2) is 11.9 Å². The number of aromatic nitrogens is 5. The number of nitrogens with one attached hydrogen (secondary N) is 1. The van der Waals surface area contributed by atoms with Gasteiger partial charge in [0.05, 0.1) is 16.7 Å². The van der Waals surface area contributed by atoms with Crippen molar-refractivity contribution in [1.29, 1.82) is 0 Å². The normalized spacial score (nSPS) is 12.7. The first-order valence-corrected chi connectivity index (χ1v) is 10.6. The van der Waals surface area contributed by atoms with Gasteiger partial charge in [-0.05, 0) is 55.8 Å². The van der Waals surface area contributed by atoms with Crippen LogP contribution < -0.4 is 5.32 Å². The van der Waals surface area contributed by atoms with E-state index in [0.717, 1.165) is 5.56 Å². The van der Waals surface area contributed by atoms with E-state index in [2.05, 4.69) is 30.2 Å². The molecule has 0 saturated heterocycles. The highest BCUT2D eigenvalue weighted by atomic mass is 19.4. The number of nitrogens with zero attached hydrogens (tertiary/aromatic N) is 5. The maximum absolute atomic E-state index is 14.6. The maximum atomic E-state index is 14.6. The van der Waals surface area contributed by atoms with E-state index in [0.29, 0.717) is 16.5 Å². The molecule has 4 aromatic heterocycles. The molecule has 0 fully saturated rings. The summed E-state index contributed by atoms with van der Waals surface area (Å²) in [6.45, 7) is 3.32. The molecule has 0 aliphatic heterocycles. The second-order valence-electron chi connectivity index (χ2n) is 8.13. The number of aryl methyl sites for hydroxylation is 2. The molecule has 1 atom stereocenters. The van der Waals surface area contributed by atoms with Crippen molar-refractivity contribution in [2.45, 2.75) is 26.1 Å². The van der Waals surface area contributed by atoms with Crippen molar-refractivity contribution in [2.75, 3.05) is 5.32 Å². The van der Waals surface area contributed by atoms with E-state index in [1.165, 1.54) is 36.9 Å². The van der Waals surface area contributed by atoms with Gasteiger partial charge in [0, 0.05) is 40.7 Å². The van der Waals surface area contributed by atoms with Crippen LogP contribution in [0.15, 0.2) is 61.3 Å². The Morgan fingerprint density at radius 1 is 0.943 bits per heavy atom. The van der Waals surface area contributed by atoms with Crippen molar-refractivity contribution in [1.82, 2.24) is 24.9 Å². The third-order valence-corrected chi connectivity index (χ3v) is 5.67. The molecule has 5 aromatic rings. The summed E-state index contributed by atoms with van der Waals surface area (Å²) in [6, 6.07) is 6.79. The van der Waals surface area contributed by atoms with Gasteiger partial charge in [-0.15, -0.1) is 0 Å². The van der Waals surface area contributed by atoms with Crippen LogP contribution in [-0.2, 0) is 0 Å². The van der Waals surface area contributed by atoms with E-state index in [4.69, 9.17) is 0 Å². The summed E-state index contributed by atoms with van der Waals surface area (Å²) in [7, 11) is 0. The first kappa shape index (κ1) is 22.6. The van der Waals surface area contributed by atoms with Gasteiger partial charge in [0.25, 0.3) is 0 Å². The topological polar surface area (TPSA) is 76.5 Å². The highest BCUT2D eigenvalue weighted by Gasteiger charge is 2.43.